The van der Waals surface area contributed by atoms with E-state index in [2.05, 4.69) is 25.3 Å². The number of pyridine rings is 1. The second kappa shape index (κ2) is 12.0. The summed E-state index contributed by atoms with van der Waals surface area (Å²) in [6.45, 7) is 8.79. The van der Waals surface area contributed by atoms with Gasteiger partial charge in [-0.1, -0.05) is 26.8 Å². The van der Waals surface area contributed by atoms with E-state index in [-0.39, 0.29) is 16.9 Å². The fourth-order valence-electron chi connectivity index (χ4n) is 5.00. The molecule has 1 amide bonds. The van der Waals surface area contributed by atoms with Gasteiger partial charge in [-0.15, -0.1) is 0 Å². The number of ether oxygens (including phenoxy) is 1. The number of carbonyl (C=O) groups is 1. The second-order valence-electron chi connectivity index (χ2n) is 12.0. The molecule has 4 aromatic rings. The van der Waals surface area contributed by atoms with Crippen LogP contribution in [0.4, 0.5) is 33.1 Å². The van der Waals surface area contributed by atoms with Gasteiger partial charge in [-0.2, -0.15) is 9.27 Å². The van der Waals surface area contributed by atoms with Gasteiger partial charge in [-0.05, 0) is 70.5 Å². The van der Waals surface area contributed by atoms with Gasteiger partial charge in [0.1, 0.15) is 29.5 Å². The minimum absolute atomic E-state index is 0.229. The summed E-state index contributed by atoms with van der Waals surface area (Å²) in [7, 11) is -1.94. The Morgan fingerprint density at radius 1 is 1.11 bits per heavy atom. The van der Waals surface area contributed by atoms with Gasteiger partial charge in [-0.25, -0.2) is 19.3 Å². The van der Waals surface area contributed by atoms with Crippen LogP contribution in [0.3, 0.4) is 0 Å². The zero-order chi connectivity index (χ0) is 31.8. The van der Waals surface area contributed by atoms with Crippen molar-refractivity contribution in [1.29, 1.82) is 0 Å². The number of benzene rings is 2. The maximum absolute atomic E-state index is 13.9. The zero-order valence-corrected chi connectivity index (χ0v) is 26.4. The smallest absolute Gasteiger partial charge is 0.307 e. The van der Waals surface area contributed by atoms with Crippen molar-refractivity contribution in [2.75, 3.05) is 46.7 Å². The molecule has 0 radical (unpaired) electrons. The minimum Gasteiger partial charge on any atom is -0.492 e. The fourth-order valence-corrected chi connectivity index (χ4v) is 5.56. The molecule has 2 aromatic heterocycles. The number of fused-ring (bicyclic) bond motifs is 1. The van der Waals surface area contributed by atoms with E-state index in [4.69, 9.17) is 9.72 Å². The molecule has 4 N–H and O–H groups in total. The molecule has 232 valence electrons. The lowest BCUT2D eigenvalue weighted by Crippen LogP contribution is -2.21. The Morgan fingerprint density at radius 3 is 2.52 bits per heavy atom. The van der Waals surface area contributed by atoms with Gasteiger partial charge in [0.05, 0.1) is 24.9 Å². The van der Waals surface area contributed by atoms with Crippen LogP contribution in [0.5, 0.6) is 5.75 Å². The number of aryl methyl sites for hydroxylation is 1. The molecule has 2 aromatic carbocycles. The van der Waals surface area contributed by atoms with E-state index in [0.717, 1.165) is 17.4 Å². The number of anilines is 5. The highest BCUT2D eigenvalue weighted by Gasteiger charge is 2.26. The molecule has 5 rings (SSSR count). The van der Waals surface area contributed by atoms with E-state index in [0.29, 0.717) is 59.1 Å². The first-order chi connectivity index (χ1) is 20.7. The van der Waals surface area contributed by atoms with Gasteiger partial charge in [0.2, 0.25) is 0 Å². The Labute approximate surface area is 257 Å². The number of nitrogens with zero attached hydrogens (tertiary/aromatic N) is 4. The lowest BCUT2D eigenvalue weighted by molar-refractivity contribution is 0.102. The third kappa shape index (κ3) is 6.89. The maximum atomic E-state index is 13.9. The summed E-state index contributed by atoms with van der Waals surface area (Å²) >= 11 is 0. The van der Waals surface area contributed by atoms with Crippen molar-refractivity contribution in [1.82, 2.24) is 15.0 Å². The Morgan fingerprint density at radius 2 is 1.86 bits per heavy atom. The number of amides is 1. The van der Waals surface area contributed by atoms with E-state index in [1.54, 1.807) is 24.3 Å². The van der Waals surface area contributed by atoms with Crippen molar-refractivity contribution >= 4 is 56.0 Å². The molecule has 1 fully saturated rings. The summed E-state index contributed by atoms with van der Waals surface area (Å²) < 4.78 is 44.2. The highest BCUT2D eigenvalue weighted by atomic mass is 32.3. The van der Waals surface area contributed by atoms with E-state index >= 15 is 0 Å². The Bertz CT molecular complexity index is 1770. The largest absolute Gasteiger partial charge is 0.492 e. The van der Waals surface area contributed by atoms with E-state index < -0.39 is 22.5 Å². The fraction of sp³-hybridized carbons (Fsp3) is 0.355. The van der Waals surface area contributed by atoms with Crippen molar-refractivity contribution < 1.29 is 22.7 Å². The van der Waals surface area contributed by atoms with E-state index in [1.165, 1.54) is 13.4 Å². The van der Waals surface area contributed by atoms with Crippen molar-refractivity contribution in [3.63, 3.8) is 0 Å². The highest BCUT2D eigenvalue weighted by molar-refractivity contribution is 7.98. The predicted octanol–water partition coefficient (Wildman–Crippen LogP) is 6.11. The lowest BCUT2D eigenvalue weighted by Gasteiger charge is -2.23. The minimum atomic E-state index is -3.37. The normalized spacial score (nSPS) is 16.5. The number of hydrogen-bond donors (Lipinski definition) is 4. The monoisotopic (exact) mass is 622 g/mol. The Hall–Kier alpha value is -4.36. The molecule has 1 aliphatic heterocycles. The van der Waals surface area contributed by atoms with Gasteiger partial charge in [-0.3, -0.25) is 4.79 Å². The van der Waals surface area contributed by atoms with Gasteiger partial charge in [0.15, 0.2) is 17.8 Å². The molecule has 44 heavy (non-hydrogen) atoms. The van der Waals surface area contributed by atoms with Crippen LogP contribution < -0.4 is 25.0 Å². The summed E-state index contributed by atoms with van der Waals surface area (Å²) in [6, 6.07) is 12.4. The van der Waals surface area contributed by atoms with Crippen LogP contribution >= 0.6 is 0 Å². The molecule has 0 saturated carbocycles. The number of carbonyl (C=O) groups excluding carboxylic acids is 1. The first-order valence-electron chi connectivity index (χ1n) is 14.1. The lowest BCUT2D eigenvalue weighted by atomic mass is 9.86. The molecule has 0 aliphatic carbocycles. The van der Waals surface area contributed by atoms with Gasteiger partial charge in [0, 0.05) is 17.8 Å². The number of aromatic nitrogens is 3. The number of halogens is 1. The SMILES string of the molecule is COc1c(NC(=O)c2ccc(C)c(Nc3ncnc4ccc(N5CC[C@@H](F)C5)nc34)c2)cc(C(C)(C)C)cc1N[S+](C)(=O)O. The average Bonchev–Trinajstić information content (AvgIpc) is 3.39. The average molecular weight is 623 g/mol. The van der Waals surface area contributed by atoms with Crippen LogP contribution in [0.15, 0.2) is 48.8 Å². The number of nitrogens with one attached hydrogen (secondary N) is 3. The molecule has 3 heterocycles. The molecule has 1 unspecified atom stereocenters. The number of alkyl halides is 1. The van der Waals surface area contributed by atoms with E-state index in [9.17, 15) is 17.9 Å². The Balaban J connectivity index is 1.46. The number of methoxy groups -OCH3 is 1. The van der Waals surface area contributed by atoms with Crippen LogP contribution in [0.25, 0.3) is 11.0 Å². The molecule has 0 spiro atoms. The van der Waals surface area contributed by atoms with Crippen molar-refractivity contribution in [3.05, 3.63) is 65.5 Å². The van der Waals surface area contributed by atoms with Gasteiger partial charge >= 0.3 is 10.4 Å². The van der Waals surface area contributed by atoms with Crippen molar-refractivity contribution in [3.8, 4) is 5.75 Å². The van der Waals surface area contributed by atoms with Crippen LogP contribution in [0.1, 0.15) is 48.7 Å². The van der Waals surface area contributed by atoms with Crippen molar-refractivity contribution in [2.24, 2.45) is 0 Å². The summed E-state index contributed by atoms with van der Waals surface area (Å²) in [5.74, 6) is 0.927. The topological polar surface area (TPSA) is 142 Å². The summed E-state index contributed by atoms with van der Waals surface area (Å²) in [5.41, 5.74) is 4.15. The standard InChI is InChI=1S/C31H36FN7O4S/c1-18-7-8-19(30(40)36-24-14-20(31(2,3)4)15-25(28(24)43-5)38-44(6,41)42)13-23(18)35-29-27-22(33-17-34-29)9-10-26(37-27)39-12-11-21(32)16-39/h7-10,13-15,17,21H,11-12,16H2,1-6H3,(H3-,33,34,35,36,38,40,41,42)/p+1/t21-/m1/s1. The van der Waals surface area contributed by atoms with Crippen LogP contribution in [0.2, 0.25) is 0 Å². The molecule has 11 nitrogen and oxygen atoms in total. The highest BCUT2D eigenvalue weighted by Crippen LogP contribution is 2.40. The summed E-state index contributed by atoms with van der Waals surface area (Å²) in [6.07, 6.45) is 2.19. The number of hydrogen-bond acceptors (Lipinski definition) is 8. The third-order valence-corrected chi connectivity index (χ3v) is 7.98. The third-order valence-electron chi connectivity index (χ3n) is 7.38. The first kappa shape index (κ1) is 31.1. The van der Waals surface area contributed by atoms with E-state index in [1.807, 2.05) is 50.8 Å². The molecular formula is C31H37FN7O4S+. The molecule has 1 saturated heterocycles. The molecular weight excluding hydrogens is 585 g/mol. The molecule has 1 aliphatic rings. The van der Waals surface area contributed by atoms with Gasteiger partial charge < -0.3 is 20.3 Å². The zero-order valence-electron chi connectivity index (χ0n) is 25.6. The maximum Gasteiger partial charge on any atom is 0.307 e. The van der Waals surface area contributed by atoms with Gasteiger partial charge in [0.25, 0.3) is 5.91 Å². The quantitative estimate of drug-likeness (QED) is 0.171. The molecule has 0 bridgehead atoms. The van der Waals surface area contributed by atoms with Crippen LogP contribution in [-0.4, -0.2) is 58.0 Å². The summed E-state index contributed by atoms with van der Waals surface area (Å²) in [4.78, 5) is 29.0. The van der Waals surface area contributed by atoms with Crippen LogP contribution in [-0.2, 0) is 20.0 Å². The predicted molar refractivity (Wildman–Crippen MR) is 173 cm³/mol. The van der Waals surface area contributed by atoms with Crippen molar-refractivity contribution in [2.45, 2.75) is 45.7 Å². The molecule has 13 heteroatoms. The molecule has 2 atom stereocenters. The number of rotatable bonds is 8. The first-order valence-corrected chi connectivity index (χ1v) is 16.1. The second-order valence-corrected chi connectivity index (χ2v) is 13.8. The van der Waals surface area contributed by atoms with Crippen LogP contribution in [0, 0.1) is 6.92 Å². The Kier molecular flexibility index (Phi) is 8.45. The summed E-state index contributed by atoms with van der Waals surface area (Å²) in [5, 5.41) is 6.23.